The maximum atomic E-state index is 11.1. The molecule has 0 aliphatic carbocycles. The number of carbonyl (C=O) groups excluding carboxylic acids is 1. The van der Waals surface area contributed by atoms with Crippen LogP contribution in [-0.4, -0.2) is 21.0 Å². The number of alkyl halides is 1. The zero-order chi connectivity index (χ0) is 10.0. The summed E-state index contributed by atoms with van der Waals surface area (Å²) in [6.07, 6.45) is 0. The van der Waals surface area contributed by atoms with Crippen molar-refractivity contribution in [3.05, 3.63) is 11.4 Å². The van der Waals surface area contributed by atoms with E-state index in [0.717, 1.165) is 17.1 Å². The van der Waals surface area contributed by atoms with Crippen molar-refractivity contribution in [1.29, 1.82) is 0 Å². The molecule has 1 aromatic heterocycles. The van der Waals surface area contributed by atoms with Gasteiger partial charge in [0.15, 0.2) is 0 Å². The fourth-order valence-electron chi connectivity index (χ4n) is 1.13. The van der Waals surface area contributed by atoms with Gasteiger partial charge in [0.1, 0.15) is 0 Å². The molecule has 1 rings (SSSR count). The van der Waals surface area contributed by atoms with Gasteiger partial charge in [-0.15, -0.1) is 0 Å². The fourth-order valence-corrected chi connectivity index (χ4v) is 1.27. The Balaban J connectivity index is 2.94. The van der Waals surface area contributed by atoms with Crippen molar-refractivity contribution in [2.75, 3.05) is 10.6 Å². The van der Waals surface area contributed by atoms with Crippen LogP contribution in [0.15, 0.2) is 0 Å². The van der Waals surface area contributed by atoms with Crippen molar-refractivity contribution in [2.45, 2.75) is 13.8 Å². The number of anilines is 1. The number of aromatic nitrogens is 2. The van der Waals surface area contributed by atoms with Gasteiger partial charge >= 0.3 is 0 Å². The molecule has 0 aliphatic rings. The highest BCUT2D eigenvalue weighted by atomic mass is 79.9. The zero-order valence-corrected chi connectivity index (χ0v) is 9.47. The van der Waals surface area contributed by atoms with E-state index in [2.05, 4.69) is 26.3 Å². The molecule has 1 aromatic rings. The first-order valence-corrected chi connectivity index (χ1v) is 5.04. The number of hydrogen-bond donors (Lipinski definition) is 1. The third-order valence-corrected chi connectivity index (χ3v) is 2.40. The number of carbonyl (C=O) groups is 1. The van der Waals surface area contributed by atoms with Crippen LogP contribution in [-0.2, 0) is 11.8 Å². The summed E-state index contributed by atoms with van der Waals surface area (Å²) in [5, 5.41) is 7.27. The molecule has 0 bridgehead atoms. The summed E-state index contributed by atoms with van der Waals surface area (Å²) < 4.78 is 1.75. The van der Waals surface area contributed by atoms with Gasteiger partial charge in [0.2, 0.25) is 5.91 Å². The molecule has 1 amide bonds. The van der Waals surface area contributed by atoms with Gasteiger partial charge in [-0.05, 0) is 13.8 Å². The maximum absolute atomic E-state index is 11.1. The smallest absolute Gasteiger partial charge is 0.235 e. The van der Waals surface area contributed by atoms with Gasteiger partial charge in [-0.3, -0.25) is 9.48 Å². The lowest BCUT2D eigenvalue weighted by atomic mass is 10.3. The number of amides is 1. The Bertz CT molecular complexity index is 332. The number of rotatable bonds is 2. The molecule has 5 heteroatoms. The lowest BCUT2D eigenvalue weighted by molar-refractivity contribution is -0.113. The highest BCUT2D eigenvalue weighted by Crippen LogP contribution is 2.17. The van der Waals surface area contributed by atoms with E-state index in [9.17, 15) is 4.79 Å². The van der Waals surface area contributed by atoms with E-state index in [1.54, 1.807) is 4.68 Å². The summed E-state index contributed by atoms with van der Waals surface area (Å²) in [7, 11) is 1.85. The quantitative estimate of drug-likeness (QED) is 0.801. The van der Waals surface area contributed by atoms with Crippen LogP contribution in [0.5, 0.6) is 0 Å². The van der Waals surface area contributed by atoms with Gasteiger partial charge in [0, 0.05) is 7.05 Å². The Morgan fingerprint density at radius 2 is 2.23 bits per heavy atom. The van der Waals surface area contributed by atoms with Gasteiger partial charge in [0.25, 0.3) is 0 Å². The standard InChI is InChI=1S/C8H12BrN3O/c1-5-8(10-7(13)4-9)6(2)12(3)11-5/h4H2,1-3H3,(H,10,13). The normalized spacial score (nSPS) is 10.2. The first kappa shape index (κ1) is 10.2. The first-order valence-electron chi connectivity index (χ1n) is 3.92. The Hall–Kier alpha value is -0.840. The minimum atomic E-state index is -0.0563. The largest absolute Gasteiger partial charge is 0.322 e. The van der Waals surface area contributed by atoms with Crippen LogP contribution in [0.3, 0.4) is 0 Å². The van der Waals surface area contributed by atoms with Crippen LogP contribution in [0.2, 0.25) is 0 Å². The SMILES string of the molecule is Cc1nn(C)c(C)c1NC(=O)CBr. The van der Waals surface area contributed by atoms with Gasteiger partial charge in [-0.2, -0.15) is 5.10 Å². The Morgan fingerprint density at radius 3 is 2.62 bits per heavy atom. The van der Waals surface area contributed by atoms with E-state index in [1.807, 2.05) is 20.9 Å². The van der Waals surface area contributed by atoms with Gasteiger partial charge in [-0.25, -0.2) is 0 Å². The average molecular weight is 246 g/mol. The van der Waals surface area contributed by atoms with E-state index in [-0.39, 0.29) is 5.91 Å². The molecule has 0 saturated heterocycles. The topological polar surface area (TPSA) is 46.9 Å². The number of hydrogen-bond acceptors (Lipinski definition) is 2. The molecule has 13 heavy (non-hydrogen) atoms. The third kappa shape index (κ3) is 2.09. The Morgan fingerprint density at radius 1 is 1.62 bits per heavy atom. The second kappa shape index (κ2) is 3.91. The first-order chi connectivity index (χ1) is 6.06. The molecule has 0 atom stereocenters. The highest BCUT2D eigenvalue weighted by Gasteiger charge is 2.10. The molecule has 0 spiro atoms. The molecule has 0 unspecified atom stereocenters. The predicted octanol–water partition coefficient (Wildman–Crippen LogP) is 1.37. The summed E-state index contributed by atoms with van der Waals surface area (Å²) in [4.78, 5) is 11.1. The van der Waals surface area contributed by atoms with Crippen molar-refractivity contribution in [1.82, 2.24) is 9.78 Å². The number of nitrogens with zero attached hydrogens (tertiary/aromatic N) is 2. The van der Waals surface area contributed by atoms with Gasteiger partial charge < -0.3 is 5.32 Å². The minimum Gasteiger partial charge on any atom is -0.322 e. The van der Waals surface area contributed by atoms with Crippen LogP contribution in [0.1, 0.15) is 11.4 Å². The molecule has 1 heterocycles. The average Bonchev–Trinajstić information content (AvgIpc) is 2.32. The van der Waals surface area contributed by atoms with E-state index in [1.165, 1.54) is 0 Å². The van der Waals surface area contributed by atoms with Crippen LogP contribution < -0.4 is 5.32 Å². The Labute approximate surface area is 85.4 Å². The molecule has 0 aliphatic heterocycles. The Kier molecular flexibility index (Phi) is 3.08. The molecule has 72 valence electrons. The monoisotopic (exact) mass is 245 g/mol. The molecule has 4 nitrogen and oxygen atoms in total. The number of halogens is 1. The summed E-state index contributed by atoms with van der Waals surface area (Å²) in [6.45, 7) is 3.79. The lowest BCUT2D eigenvalue weighted by Crippen LogP contribution is -2.13. The second-order valence-corrected chi connectivity index (χ2v) is 3.41. The fraction of sp³-hybridized carbons (Fsp3) is 0.500. The van der Waals surface area contributed by atoms with Crippen molar-refractivity contribution in [3.63, 3.8) is 0 Å². The maximum Gasteiger partial charge on any atom is 0.235 e. The van der Waals surface area contributed by atoms with Crippen LogP contribution >= 0.6 is 15.9 Å². The van der Waals surface area contributed by atoms with E-state index in [0.29, 0.717) is 5.33 Å². The number of nitrogens with one attached hydrogen (secondary N) is 1. The van der Waals surface area contributed by atoms with Gasteiger partial charge in [-0.1, -0.05) is 15.9 Å². The zero-order valence-electron chi connectivity index (χ0n) is 7.89. The summed E-state index contributed by atoms with van der Waals surface area (Å²) >= 11 is 3.09. The predicted molar refractivity (Wildman–Crippen MR) is 55.1 cm³/mol. The minimum absolute atomic E-state index is 0.0563. The van der Waals surface area contributed by atoms with Crippen molar-refractivity contribution in [2.24, 2.45) is 7.05 Å². The molecule has 0 aromatic carbocycles. The van der Waals surface area contributed by atoms with E-state index < -0.39 is 0 Å². The van der Waals surface area contributed by atoms with E-state index in [4.69, 9.17) is 0 Å². The third-order valence-electron chi connectivity index (χ3n) is 1.89. The molecule has 1 N–H and O–H groups in total. The van der Waals surface area contributed by atoms with Crippen LogP contribution in [0.25, 0.3) is 0 Å². The van der Waals surface area contributed by atoms with Crippen LogP contribution in [0.4, 0.5) is 5.69 Å². The summed E-state index contributed by atoms with van der Waals surface area (Å²) in [6, 6.07) is 0. The molecule has 0 fully saturated rings. The van der Waals surface area contributed by atoms with Crippen molar-refractivity contribution < 1.29 is 4.79 Å². The molecule has 0 radical (unpaired) electrons. The van der Waals surface area contributed by atoms with Crippen LogP contribution in [0, 0.1) is 13.8 Å². The highest BCUT2D eigenvalue weighted by molar-refractivity contribution is 9.09. The summed E-state index contributed by atoms with van der Waals surface area (Å²) in [5.41, 5.74) is 2.62. The molecular formula is C8H12BrN3O. The lowest BCUT2D eigenvalue weighted by Gasteiger charge is -2.02. The molecule has 0 saturated carbocycles. The second-order valence-electron chi connectivity index (χ2n) is 2.85. The van der Waals surface area contributed by atoms with Gasteiger partial charge in [0.05, 0.1) is 22.4 Å². The van der Waals surface area contributed by atoms with E-state index >= 15 is 0 Å². The summed E-state index contributed by atoms with van der Waals surface area (Å²) in [5.74, 6) is -0.0563. The van der Waals surface area contributed by atoms with Crippen molar-refractivity contribution >= 4 is 27.5 Å². The molecular weight excluding hydrogens is 234 g/mol. The number of aryl methyl sites for hydroxylation is 2. The van der Waals surface area contributed by atoms with Crippen molar-refractivity contribution in [3.8, 4) is 0 Å².